The van der Waals surface area contributed by atoms with Crippen molar-refractivity contribution in [1.82, 2.24) is 4.90 Å². The van der Waals surface area contributed by atoms with E-state index >= 15 is 0 Å². The SMILES string of the molecule is CCCCN(CC(N)=O)C(=O)C(N)CCOC. The molecule has 0 fully saturated rings. The zero-order valence-electron chi connectivity index (χ0n) is 10.6. The quantitative estimate of drug-likeness (QED) is 0.570. The second kappa shape index (κ2) is 8.95. The van der Waals surface area contributed by atoms with Crippen LogP contribution in [0.1, 0.15) is 26.2 Å². The van der Waals surface area contributed by atoms with Gasteiger partial charge in [-0.1, -0.05) is 13.3 Å². The third-order valence-electron chi connectivity index (χ3n) is 2.39. The Morgan fingerprint density at radius 3 is 2.53 bits per heavy atom. The number of amides is 2. The van der Waals surface area contributed by atoms with E-state index in [2.05, 4.69) is 0 Å². The highest BCUT2D eigenvalue weighted by atomic mass is 16.5. The zero-order valence-corrected chi connectivity index (χ0v) is 10.6. The van der Waals surface area contributed by atoms with Gasteiger partial charge in [-0.2, -0.15) is 0 Å². The van der Waals surface area contributed by atoms with Crippen molar-refractivity contribution < 1.29 is 14.3 Å². The summed E-state index contributed by atoms with van der Waals surface area (Å²) >= 11 is 0. The van der Waals surface area contributed by atoms with Crippen LogP contribution in [-0.4, -0.2) is 49.6 Å². The van der Waals surface area contributed by atoms with Gasteiger partial charge in [-0.25, -0.2) is 0 Å². The fraction of sp³-hybridized carbons (Fsp3) is 0.818. The molecule has 0 aromatic heterocycles. The number of ether oxygens (including phenoxy) is 1. The van der Waals surface area contributed by atoms with Crippen molar-refractivity contribution in [3.8, 4) is 0 Å². The molecule has 0 heterocycles. The number of rotatable bonds is 9. The van der Waals surface area contributed by atoms with Crippen LogP contribution in [0, 0.1) is 0 Å². The molecule has 100 valence electrons. The normalized spacial score (nSPS) is 12.2. The lowest BCUT2D eigenvalue weighted by molar-refractivity contribution is -0.136. The number of primary amides is 1. The summed E-state index contributed by atoms with van der Waals surface area (Å²) in [4.78, 5) is 24.2. The number of hydrogen-bond donors (Lipinski definition) is 2. The Kier molecular flexibility index (Phi) is 8.35. The number of carbonyl (C=O) groups excluding carboxylic acids is 2. The van der Waals surface area contributed by atoms with Gasteiger partial charge < -0.3 is 21.1 Å². The summed E-state index contributed by atoms with van der Waals surface area (Å²) < 4.78 is 4.86. The largest absolute Gasteiger partial charge is 0.385 e. The lowest BCUT2D eigenvalue weighted by atomic mass is 10.2. The fourth-order valence-corrected chi connectivity index (χ4v) is 1.41. The molecule has 2 amide bonds. The Hall–Kier alpha value is -1.14. The molecule has 1 unspecified atom stereocenters. The summed E-state index contributed by atoms with van der Waals surface area (Å²) in [5.41, 5.74) is 10.8. The van der Waals surface area contributed by atoms with Crippen LogP contribution in [0.2, 0.25) is 0 Å². The molecule has 17 heavy (non-hydrogen) atoms. The van der Waals surface area contributed by atoms with E-state index in [4.69, 9.17) is 16.2 Å². The fourth-order valence-electron chi connectivity index (χ4n) is 1.41. The monoisotopic (exact) mass is 245 g/mol. The summed E-state index contributed by atoms with van der Waals surface area (Å²) in [5, 5.41) is 0. The first-order chi connectivity index (χ1) is 8.02. The Labute approximate surface area is 102 Å². The Bertz CT molecular complexity index is 246. The number of hydrogen-bond acceptors (Lipinski definition) is 4. The summed E-state index contributed by atoms with van der Waals surface area (Å²) in [6.45, 7) is 2.88. The van der Waals surface area contributed by atoms with E-state index in [0.29, 0.717) is 19.6 Å². The van der Waals surface area contributed by atoms with E-state index in [0.717, 1.165) is 12.8 Å². The summed E-state index contributed by atoms with van der Waals surface area (Å²) in [7, 11) is 1.55. The number of methoxy groups -OCH3 is 1. The van der Waals surface area contributed by atoms with Gasteiger partial charge in [0, 0.05) is 20.3 Å². The molecular weight excluding hydrogens is 222 g/mol. The minimum absolute atomic E-state index is 0.0699. The molecule has 0 spiro atoms. The maximum atomic E-state index is 11.9. The molecule has 0 radical (unpaired) electrons. The van der Waals surface area contributed by atoms with Crippen molar-refractivity contribution in [2.24, 2.45) is 11.5 Å². The number of nitrogens with zero attached hydrogens (tertiary/aromatic N) is 1. The van der Waals surface area contributed by atoms with Gasteiger partial charge in [-0.05, 0) is 12.8 Å². The average molecular weight is 245 g/mol. The minimum Gasteiger partial charge on any atom is -0.385 e. The maximum absolute atomic E-state index is 11.9. The number of unbranched alkanes of at least 4 members (excludes halogenated alkanes) is 1. The highest BCUT2D eigenvalue weighted by Gasteiger charge is 2.21. The van der Waals surface area contributed by atoms with Gasteiger partial charge in [-0.3, -0.25) is 9.59 Å². The molecule has 0 rings (SSSR count). The van der Waals surface area contributed by atoms with E-state index in [-0.39, 0.29) is 12.5 Å². The van der Waals surface area contributed by atoms with Crippen LogP contribution in [0.25, 0.3) is 0 Å². The molecule has 0 aliphatic rings. The zero-order chi connectivity index (χ0) is 13.3. The highest BCUT2D eigenvalue weighted by Crippen LogP contribution is 2.01. The van der Waals surface area contributed by atoms with Gasteiger partial charge >= 0.3 is 0 Å². The first kappa shape index (κ1) is 15.9. The van der Waals surface area contributed by atoms with Gasteiger partial charge in [0.25, 0.3) is 0 Å². The molecule has 0 aromatic carbocycles. The Balaban J connectivity index is 4.33. The molecule has 6 heteroatoms. The first-order valence-corrected chi connectivity index (χ1v) is 5.84. The second-order valence-electron chi connectivity index (χ2n) is 3.97. The standard InChI is InChI=1S/C11H23N3O3/c1-3-4-6-14(8-10(13)15)11(16)9(12)5-7-17-2/h9H,3-8,12H2,1-2H3,(H2,13,15). The molecule has 0 saturated carbocycles. The lowest BCUT2D eigenvalue weighted by Crippen LogP contribution is -2.47. The lowest BCUT2D eigenvalue weighted by Gasteiger charge is -2.24. The van der Waals surface area contributed by atoms with Crippen LogP contribution >= 0.6 is 0 Å². The molecule has 6 nitrogen and oxygen atoms in total. The molecule has 0 aliphatic carbocycles. The van der Waals surface area contributed by atoms with E-state index in [1.165, 1.54) is 4.90 Å². The van der Waals surface area contributed by atoms with Gasteiger partial charge in [-0.15, -0.1) is 0 Å². The van der Waals surface area contributed by atoms with E-state index in [9.17, 15) is 9.59 Å². The predicted octanol–water partition coefficient (Wildman–Crippen LogP) is -0.536. The first-order valence-electron chi connectivity index (χ1n) is 5.84. The van der Waals surface area contributed by atoms with Gasteiger partial charge in [0.1, 0.15) is 0 Å². The topological polar surface area (TPSA) is 98.7 Å². The van der Waals surface area contributed by atoms with Crippen LogP contribution in [0.4, 0.5) is 0 Å². The van der Waals surface area contributed by atoms with Crippen molar-refractivity contribution in [2.45, 2.75) is 32.2 Å². The molecule has 0 aromatic rings. The van der Waals surface area contributed by atoms with Crippen molar-refractivity contribution in [3.05, 3.63) is 0 Å². The Morgan fingerprint density at radius 1 is 1.41 bits per heavy atom. The molecular formula is C11H23N3O3. The predicted molar refractivity (Wildman–Crippen MR) is 65.2 cm³/mol. The minimum atomic E-state index is -0.633. The molecule has 4 N–H and O–H groups in total. The third kappa shape index (κ3) is 6.91. The van der Waals surface area contributed by atoms with Crippen LogP contribution in [0.15, 0.2) is 0 Å². The van der Waals surface area contributed by atoms with Crippen molar-refractivity contribution in [2.75, 3.05) is 26.8 Å². The molecule has 1 atom stereocenters. The van der Waals surface area contributed by atoms with E-state index in [1.54, 1.807) is 7.11 Å². The summed E-state index contributed by atoms with van der Waals surface area (Å²) in [5.74, 6) is -0.761. The third-order valence-corrected chi connectivity index (χ3v) is 2.39. The molecule has 0 aliphatic heterocycles. The number of nitrogens with two attached hydrogens (primary N) is 2. The van der Waals surface area contributed by atoms with Crippen LogP contribution < -0.4 is 11.5 Å². The smallest absolute Gasteiger partial charge is 0.240 e. The maximum Gasteiger partial charge on any atom is 0.240 e. The number of carbonyl (C=O) groups is 2. The second-order valence-corrected chi connectivity index (χ2v) is 3.97. The summed E-state index contributed by atoms with van der Waals surface area (Å²) in [6, 6.07) is -0.633. The van der Waals surface area contributed by atoms with Crippen LogP contribution in [-0.2, 0) is 14.3 Å². The highest BCUT2D eigenvalue weighted by molar-refractivity contribution is 5.86. The van der Waals surface area contributed by atoms with Crippen molar-refractivity contribution >= 4 is 11.8 Å². The van der Waals surface area contributed by atoms with Gasteiger partial charge in [0.2, 0.25) is 11.8 Å². The summed E-state index contributed by atoms with van der Waals surface area (Å²) in [6.07, 6.45) is 2.21. The molecule has 0 bridgehead atoms. The van der Waals surface area contributed by atoms with Crippen LogP contribution in [0.3, 0.4) is 0 Å². The van der Waals surface area contributed by atoms with E-state index in [1.807, 2.05) is 6.92 Å². The van der Waals surface area contributed by atoms with Gasteiger partial charge in [0.05, 0.1) is 12.6 Å². The van der Waals surface area contributed by atoms with Gasteiger partial charge in [0.15, 0.2) is 0 Å². The van der Waals surface area contributed by atoms with Crippen molar-refractivity contribution in [3.63, 3.8) is 0 Å². The Morgan fingerprint density at radius 2 is 2.06 bits per heavy atom. The van der Waals surface area contributed by atoms with E-state index < -0.39 is 11.9 Å². The average Bonchev–Trinajstić information content (AvgIpc) is 2.29. The van der Waals surface area contributed by atoms with Crippen LogP contribution in [0.5, 0.6) is 0 Å². The van der Waals surface area contributed by atoms with Crippen molar-refractivity contribution in [1.29, 1.82) is 0 Å². The molecule has 0 saturated heterocycles.